The summed E-state index contributed by atoms with van der Waals surface area (Å²) in [5.74, 6) is 0. The predicted octanol–water partition coefficient (Wildman–Crippen LogP) is 7.45. The maximum Gasteiger partial charge on any atom is 0.597 e. The fourth-order valence-electron chi connectivity index (χ4n) is 3.01. The molecule has 0 fully saturated rings. The van der Waals surface area contributed by atoms with Crippen LogP contribution in [0.2, 0.25) is 0 Å². The second-order valence-corrected chi connectivity index (χ2v) is 7.74. The molecular weight excluding hydrogens is 343 g/mol. The second kappa shape index (κ2) is 11.8. The van der Waals surface area contributed by atoms with Gasteiger partial charge < -0.3 is 5.11 Å². The third-order valence-corrected chi connectivity index (χ3v) is 5.62. The van der Waals surface area contributed by atoms with Crippen molar-refractivity contribution in [2.75, 3.05) is 6.61 Å². The van der Waals surface area contributed by atoms with Gasteiger partial charge in [0.2, 0.25) is 5.12 Å². The van der Waals surface area contributed by atoms with Gasteiger partial charge in [-0.05, 0) is 29.2 Å². The standard InChI is InChI=1S/C12H8O2P.C10H22O/c13-15-12-8-4-2-6-10(12)9-5-1-3-7-11(9)14-15;1-2-3-4-5-6-7-8-9-10-11/h1-8H;11H,2-10H2,1H3/q+1;. The molecule has 3 rings (SSSR count). The fraction of sp³-hybridized carbons (Fsp3) is 0.455. The highest BCUT2D eigenvalue weighted by Gasteiger charge is 2.14. The molecular formula is C22H30O3P+. The first-order valence-corrected chi connectivity index (χ1v) is 10.9. The van der Waals surface area contributed by atoms with Gasteiger partial charge in [-0.3, -0.25) is 0 Å². The Kier molecular flexibility index (Phi) is 9.38. The van der Waals surface area contributed by atoms with Crippen LogP contribution >= 0.6 is 7.65 Å². The first kappa shape index (κ1) is 20.6. The van der Waals surface area contributed by atoms with E-state index in [1.807, 2.05) is 48.5 Å². The van der Waals surface area contributed by atoms with Crippen molar-refractivity contribution in [2.24, 2.45) is 0 Å². The maximum absolute atomic E-state index is 11.8. The third-order valence-electron chi connectivity index (χ3n) is 4.47. The summed E-state index contributed by atoms with van der Waals surface area (Å²) in [7, 11) is -1.74. The van der Waals surface area contributed by atoms with E-state index in [4.69, 9.17) is 9.30 Å². The SMILES string of the molecule is CCCCCCCCCCO.O=[p+]1oc2ccccc2c2ccccc21. The normalized spacial score (nSPS) is 11.4. The van der Waals surface area contributed by atoms with E-state index in [1.165, 1.54) is 44.9 Å². The first-order chi connectivity index (χ1) is 12.8. The molecule has 140 valence electrons. The number of unbranched alkanes of at least 4 members (excludes halogenated alkanes) is 7. The van der Waals surface area contributed by atoms with Gasteiger partial charge in [0, 0.05) is 17.4 Å². The van der Waals surface area contributed by atoms with Gasteiger partial charge in [0.25, 0.3) is 0 Å². The van der Waals surface area contributed by atoms with Crippen molar-refractivity contribution in [3.05, 3.63) is 48.5 Å². The molecule has 0 spiro atoms. The van der Waals surface area contributed by atoms with Gasteiger partial charge in [-0.15, -0.1) is 0 Å². The molecule has 1 unspecified atom stereocenters. The molecule has 0 aliphatic carbocycles. The van der Waals surface area contributed by atoms with Crippen molar-refractivity contribution in [3.63, 3.8) is 0 Å². The van der Waals surface area contributed by atoms with Crippen LogP contribution in [-0.2, 0) is 4.57 Å². The minimum Gasteiger partial charge on any atom is -0.396 e. The van der Waals surface area contributed by atoms with Crippen LogP contribution < -0.4 is 0 Å². The average molecular weight is 373 g/mol. The van der Waals surface area contributed by atoms with Crippen LogP contribution in [0.4, 0.5) is 0 Å². The zero-order valence-corrected chi connectivity index (χ0v) is 16.6. The van der Waals surface area contributed by atoms with Crippen LogP contribution in [0.25, 0.3) is 21.5 Å². The predicted molar refractivity (Wildman–Crippen MR) is 111 cm³/mol. The smallest absolute Gasteiger partial charge is 0.396 e. The molecule has 26 heavy (non-hydrogen) atoms. The quantitative estimate of drug-likeness (QED) is 0.329. The van der Waals surface area contributed by atoms with E-state index >= 15 is 0 Å². The summed E-state index contributed by atoms with van der Waals surface area (Å²) < 4.78 is 17.1. The van der Waals surface area contributed by atoms with Crippen LogP contribution in [0, 0.1) is 0 Å². The zero-order valence-electron chi connectivity index (χ0n) is 15.7. The van der Waals surface area contributed by atoms with Gasteiger partial charge in [0.15, 0.2) is 5.58 Å². The van der Waals surface area contributed by atoms with Crippen LogP contribution in [0.3, 0.4) is 0 Å². The largest absolute Gasteiger partial charge is 0.597 e. The number of hydrogen-bond donors (Lipinski definition) is 1. The lowest BCUT2D eigenvalue weighted by Gasteiger charge is -1.98. The molecule has 3 aromatic rings. The Labute approximate surface area is 156 Å². The van der Waals surface area contributed by atoms with Gasteiger partial charge in [0.1, 0.15) is 0 Å². The monoisotopic (exact) mass is 373 g/mol. The molecule has 0 aliphatic rings. The zero-order chi connectivity index (χ0) is 18.6. The Hall–Kier alpha value is -1.70. The lowest BCUT2D eigenvalue weighted by Crippen LogP contribution is -1.83. The number of benzene rings is 2. The number of fused-ring (bicyclic) bond motifs is 3. The Balaban J connectivity index is 0.000000199. The lowest BCUT2D eigenvalue weighted by atomic mass is 10.1. The van der Waals surface area contributed by atoms with Gasteiger partial charge in [0.05, 0.1) is 0 Å². The van der Waals surface area contributed by atoms with E-state index < -0.39 is 7.65 Å². The van der Waals surface area contributed by atoms with Crippen LogP contribution in [0.5, 0.6) is 0 Å². The molecule has 1 atom stereocenters. The molecule has 4 heteroatoms. The molecule has 1 heterocycles. The first-order valence-electron chi connectivity index (χ1n) is 9.72. The molecule has 1 aromatic heterocycles. The van der Waals surface area contributed by atoms with Crippen molar-refractivity contribution in [1.82, 2.24) is 0 Å². The van der Waals surface area contributed by atoms with Gasteiger partial charge in [-0.25, -0.2) is 4.20 Å². The molecule has 2 aromatic carbocycles. The molecule has 0 radical (unpaired) electrons. The summed E-state index contributed by atoms with van der Waals surface area (Å²) >= 11 is 0. The van der Waals surface area contributed by atoms with E-state index in [9.17, 15) is 4.57 Å². The fourth-order valence-corrected chi connectivity index (χ4v) is 4.05. The summed E-state index contributed by atoms with van der Waals surface area (Å²) in [6, 6.07) is 15.3. The molecule has 0 amide bonds. The maximum atomic E-state index is 11.8. The highest BCUT2D eigenvalue weighted by atomic mass is 31.1. The van der Waals surface area contributed by atoms with E-state index in [0.29, 0.717) is 12.2 Å². The van der Waals surface area contributed by atoms with Crippen molar-refractivity contribution in [3.8, 4) is 0 Å². The molecule has 0 bridgehead atoms. The van der Waals surface area contributed by atoms with E-state index in [1.54, 1.807) is 0 Å². The molecule has 3 nitrogen and oxygen atoms in total. The number of aliphatic hydroxyl groups is 1. The minimum absolute atomic E-state index is 0.370. The highest BCUT2D eigenvalue weighted by molar-refractivity contribution is 7.37. The van der Waals surface area contributed by atoms with E-state index in [-0.39, 0.29) is 0 Å². The number of aliphatic hydroxyl groups excluding tert-OH is 1. The lowest BCUT2D eigenvalue weighted by molar-refractivity contribution is 0.282. The van der Waals surface area contributed by atoms with Crippen molar-refractivity contribution < 1.29 is 13.9 Å². The van der Waals surface area contributed by atoms with Gasteiger partial charge in [-0.2, -0.15) is 0 Å². The Bertz CT molecular complexity index is 833. The van der Waals surface area contributed by atoms with E-state index in [2.05, 4.69) is 6.92 Å². The Morgan fingerprint density at radius 3 is 2.08 bits per heavy atom. The number of hydrogen-bond acceptors (Lipinski definition) is 3. The third kappa shape index (κ3) is 6.23. The summed E-state index contributed by atoms with van der Waals surface area (Å²) in [4.78, 5) is 0. The van der Waals surface area contributed by atoms with Crippen LogP contribution in [0.15, 0.2) is 52.7 Å². The van der Waals surface area contributed by atoms with Crippen molar-refractivity contribution in [1.29, 1.82) is 0 Å². The van der Waals surface area contributed by atoms with Crippen LogP contribution in [0.1, 0.15) is 58.3 Å². The summed E-state index contributed by atoms with van der Waals surface area (Å²) in [5, 5.41) is 11.3. The van der Waals surface area contributed by atoms with E-state index in [0.717, 1.165) is 22.3 Å². The summed E-state index contributed by atoms with van der Waals surface area (Å²) in [6.07, 6.45) is 10.4. The molecule has 1 N–H and O–H groups in total. The Morgan fingerprint density at radius 2 is 1.38 bits per heavy atom. The van der Waals surface area contributed by atoms with Gasteiger partial charge in [-0.1, -0.05) is 82.2 Å². The summed E-state index contributed by atoms with van der Waals surface area (Å²) in [5.41, 5.74) is 0.706. The summed E-state index contributed by atoms with van der Waals surface area (Å²) in [6.45, 7) is 2.61. The van der Waals surface area contributed by atoms with Crippen LogP contribution in [-0.4, -0.2) is 11.7 Å². The Morgan fingerprint density at radius 1 is 0.808 bits per heavy atom. The van der Waals surface area contributed by atoms with Crippen molar-refractivity contribution >= 4 is 29.1 Å². The molecule has 0 saturated carbocycles. The highest BCUT2D eigenvalue weighted by Crippen LogP contribution is 2.34. The van der Waals surface area contributed by atoms with Gasteiger partial charge >= 0.3 is 7.65 Å². The van der Waals surface area contributed by atoms with Crippen molar-refractivity contribution in [2.45, 2.75) is 58.3 Å². The molecule has 0 aliphatic heterocycles. The molecule has 0 saturated heterocycles. The number of para-hydroxylation sites is 1. The number of rotatable bonds is 8. The topological polar surface area (TPSA) is 50.4 Å². The minimum atomic E-state index is -1.74. The second-order valence-electron chi connectivity index (χ2n) is 6.56. The average Bonchev–Trinajstić information content (AvgIpc) is 2.68.